The first-order valence-electron chi connectivity index (χ1n) is 7.93. The number of hydrogen-bond donors (Lipinski definition) is 1. The van der Waals surface area contributed by atoms with Gasteiger partial charge in [0.25, 0.3) is 0 Å². The van der Waals surface area contributed by atoms with Crippen LogP contribution in [-0.2, 0) is 14.8 Å². The van der Waals surface area contributed by atoms with Gasteiger partial charge in [0.2, 0.25) is 10.0 Å². The maximum absolute atomic E-state index is 11.8. The Bertz CT molecular complexity index is 948. The first-order chi connectivity index (χ1) is 12.4. The Morgan fingerprint density at radius 3 is 2.42 bits per heavy atom. The molecular weight excluding hydrogens is 356 g/mol. The van der Waals surface area contributed by atoms with Gasteiger partial charge >= 0.3 is 5.97 Å². The minimum absolute atomic E-state index is 0.00116. The van der Waals surface area contributed by atoms with Gasteiger partial charge in [0.1, 0.15) is 0 Å². The molecule has 26 heavy (non-hydrogen) atoms. The largest absolute Gasteiger partial charge is 0.493 e. The van der Waals surface area contributed by atoms with Crippen molar-refractivity contribution in [2.24, 2.45) is 16.0 Å². The number of esters is 1. The fourth-order valence-electron chi connectivity index (χ4n) is 2.23. The van der Waals surface area contributed by atoms with Crippen LogP contribution in [0.1, 0.15) is 18.4 Å². The van der Waals surface area contributed by atoms with Gasteiger partial charge in [-0.3, -0.25) is 9.79 Å². The van der Waals surface area contributed by atoms with Crippen LogP contribution < -0.4 is 14.6 Å². The predicted octanol–water partition coefficient (Wildman–Crippen LogP) is 2.41. The van der Waals surface area contributed by atoms with Crippen LogP contribution in [-0.4, -0.2) is 27.7 Å². The number of methoxy groups -OCH3 is 1. The lowest BCUT2D eigenvalue weighted by atomic mass is 10.2. The topological polar surface area (TPSA) is 108 Å². The van der Waals surface area contributed by atoms with E-state index >= 15 is 0 Å². The number of benzene rings is 2. The highest BCUT2D eigenvalue weighted by Gasteiger charge is 2.32. The second kappa shape index (κ2) is 7.27. The molecule has 0 radical (unpaired) electrons. The molecule has 0 saturated heterocycles. The molecule has 0 unspecified atom stereocenters. The zero-order chi connectivity index (χ0) is 18.7. The van der Waals surface area contributed by atoms with Crippen molar-refractivity contribution in [3.05, 3.63) is 48.0 Å². The van der Waals surface area contributed by atoms with E-state index in [1.165, 1.54) is 19.2 Å². The van der Waals surface area contributed by atoms with E-state index in [2.05, 4.69) is 4.99 Å². The Morgan fingerprint density at radius 2 is 1.85 bits per heavy atom. The SMILES string of the molecule is COc1cc(C=Nc2ccc(S(N)(=O)=O)cc2)ccc1OC(=O)C1CC1. The second-order valence-corrected chi connectivity index (χ2v) is 7.46. The molecule has 136 valence electrons. The Hall–Kier alpha value is -2.71. The lowest BCUT2D eigenvalue weighted by Gasteiger charge is -2.09. The molecule has 2 aromatic carbocycles. The summed E-state index contributed by atoms with van der Waals surface area (Å²) in [6, 6.07) is 11.0. The number of sulfonamides is 1. The minimum Gasteiger partial charge on any atom is -0.493 e. The molecule has 8 heteroatoms. The van der Waals surface area contributed by atoms with Crippen molar-refractivity contribution in [1.82, 2.24) is 0 Å². The summed E-state index contributed by atoms with van der Waals surface area (Å²) in [5, 5.41) is 5.06. The van der Waals surface area contributed by atoms with Gasteiger partial charge in [-0.2, -0.15) is 0 Å². The van der Waals surface area contributed by atoms with Crippen LogP contribution in [0.4, 0.5) is 5.69 Å². The van der Waals surface area contributed by atoms with E-state index in [0.29, 0.717) is 17.2 Å². The van der Waals surface area contributed by atoms with E-state index in [-0.39, 0.29) is 16.8 Å². The molecule has 0 aromatic heterocycles. The monoisotopic (exact) mass is 374 g/mol. The minimum atomic E-state index is -3.72. The van der Waals surface area contributed by atoms with E-state index in [0.717, 1.165) is 18.4 Å². The number of carbonyl (C=O) groups is 1. The van der Waals surface area contributed by atoms with Gasteiger partial charge in [-0.05, 0) is 60.9 Å². The molecule has 0 heterocycles. The molecule has 2 aromatic rings. The zero-order valence-electron chi connectivity index (χ0n) is 14.1. The molecular formula is C18H18N2O5S. The van der Waals surface area contributed by atoms with E-state index in [1.54, 1.807) is 36.5 Å². The van der Waals surface area contributed by atoms with Crippen molar-refractivity contribution in [2.75, 3.05) is 7.11 Å². The molecule has 1 aliphatic rings. The van der Waals surface area contributed by atoms with E-state index in [9.17, 15) is 13.2 Å². The number of nitrogens with zero attached hydrogens (tertiary/aromatic N) is 1. The number of rotatable bonds is 6. The number of ether oxygens (including phenoxy) is 2. The van der Waals surface area contributed by atoms with Gasteiger partial charge in [0.05, 0.1) is 23.6 Å². The maximum Gasteiger partial charge on any atom is 0.314 e. The normalized spacial score (nSPS) is 14.4. The third-order valence-electron chi connectivity index (χ3n) is 3.84. The molecule has 2 N–H and O–H groups in total. The zero-order valence-corrected chi connectivity index (χ0v) is 14.9. The number of hydrogen-bond acceptors (Lipinski definition) is 6. The average Bonchev–Trinajstić information content (AvgIpc) is 3.45. The number of carbonyl (C=O) groups excluding carboxylic acids is 1. The fraction of sp³-hybridized carbons (Fsp3) is 0.222. The van der Waals surface area contributed by atoms with Gasteiger partial charge in [0, 0.05) is 6.21 Å². The summed E-state index contributed by atoms with van der Waals surface area (Å²) >= 11 is 0. The van der Waals surface area contributed by atoms with Crippen molar-refractivity contribution in [3.63, 3.8) is 0 Å². The highest BCUT2D eigenvalue weighted by Crippen LogP contribution is 2.34. The van der Waals surface area contributed by atoms with Crippen LogP contribution in [0.15, 0.2) is 52.4 Å². The molecule has 0 bridgehead atoms. The Kier molecular flexibility index (Phi) is 5.06. The van der Waals surface area contributed by atoms with Crippen LogP contribution in [0, 0.1) is 5.92 Å². The van der Waals surface area contributed by atoms with Crippen LogP contribution in [0.3, 0.4) is 0 Å². The summed E-state index contributed by atoms with van der Waals surface area (Å²) in [5.74, 6) is 0.576. The average molecular weight is 374 g/mol. The summed E-state index contributed by atoms with van der Waals surface area (Å²) in [5.41, 5.74) is 1.31. The number of aliphatic imine (C=N–C) groups is 1. The number of primary sulfonamides is 1. The molecule has 7 nitrogen and oxygen atoms in total. The molecule has 0 spiro atoms. The molecule has 0 atom stereocenters. The first-order valence-corrected chi connectivity index (χ1v) is 9.48. The third kappa shape index (κ3) is 4.47. The van der Waals surface area contributed by atoms with Crippen molar-refractivity contribution in [3.8, 4) is 11.5 Å². The molecule has 1 aliphatic carbocycles. The highest BCUT2D eigenvalue weighted by atomic mass is 32.2. The van der Waals surface area contributed by atoms with Crippen LogP contribution in [0.5, 0.6) is 11.5 Å². The van der Waals surface area contributed by atoms with Crippen molar-refractivity contribution in [2.45, 2.75) is 17.7 Å². The molecule has 0 amide bonds. The third-order valence-corrected chi connectivity index (χ3v) is 4.77. The fourth-order valence-corrected chi connectivity index (χ4v) is 2.75. The summed E-state index contributed by atoms with van der Waals surface area (Å²) in [6.07, 6.45) is 3.34. The van der Waals surface area contributed by atoms with Gasteiger partial charge < -0.3 is 9.47 Å². The Labute approximate surface area is 151 Å². The summed E-state index contributed by atoms with van der Waals surface area (Å²) < 4.78 is 33.1. The van der Waals surface area contributed by atoms with E-state index in [1.807, 2.05) is 0 Å². The van der Waals surface area contributed by atoms with Crippen molar-refractivity contribution < 1.29 is 22.7 Å². The summed E-state index contributed by atoms with van der Waals surface area (Å²) in [4.78, 5) is 16.1. The van der Waals surface area contributed by atoms with Gasteiger partial charge in [-0.15, -0.1) is 0 Å². The molecule has 3 rings (SSSR count). The molecule has 1 fully saturated rings. The van der Waals surface area contributed by atoms with Gasteiger partial charge in [-0.1, -0.05) is 0 Å². The Balaban J connectivity index is 1.74. The smallest absolute Gasteiger partial charge is 0.314 e. The van der Waals surface area contributed by atoms with Gasteiger partial charge in [0.15, 0.2) is 11.5 Å². The Morgan fingerprint density at radius 1 is 1.15 bits per heavy atom. The van der Waals surface area contributed by atoms with Crippen LogP contribution >= 0.6 is 0 Å². The molecule has 1 saturated carbocycles. The van der Waals surface area contributed by atoms with Crippen LogP contribution in [0.25, 0.3) is 0 Å². The van der Waals surface area contributed by atoms with E-state index < -0.39 is 10.0 Å². The van der Waals surface area contributed by atoms with E-state index in [4.69, 9.17) is 14.6 Å². The lowest BCUT2D eigenvalue weighted by molar-refractivity contribution is -0.135. The predicted molar refractivity (Wildman–Crippen MR) is 96.4 cm³/mol. The maximum atomic E-state index is 11.8. The number of nitrogens with two attached hydrogens (primary N) is 1. The lowest BCUT2D eigenvalue weighted by Crippen LogP contribution is -2.11. The highest BCUT2D eigenvalue weighted by molar-refractivity contribution is 7.89. The van der Waals surface area contributed by atoms with Crippen molar-refractivity contribution >= 4 is 27.9 Å². The standard InChI is InChI=1S/C18H18N2O5S/c1-24-17-10-12(2-9-16(17)25-18(21)13-3-4-13)11-20-14-5-7-15(8-6-14)26(19,22)23/h2,5-11,13H,3-4H2,1H3,(H2,19,22,23). The second-order valence-electron chi connectivity index (χ2n) is 5.90. The summed E-state index contributed by atoms with van der Waals surface area (Å²) in [7, 11) is -2.23. The van der Waals surface area contributed by atoms with Gasteiger partial charge in [-0.25, -0.2) is 13.6 Å². The van der Waals surface area contributed by atoms with Crippen LogP contribution in [0.2, 0.25) is 0 Å². The summed E-state index contributed by atoms with van der Waals surface area (Å²) in [6.45, 7) is 0. The quantitative estimate of drug-likeness (QED) is 0.474. The first kappa shape index (κ1) is 18.1. The molecule has 0 aliphatic heterocycles. The van der Waals surface area contributed by atoms with Crippen molar-refractivity contribution in [1.29, 1.82) is 0 Å².